The molecule has 174 valence electrons. The van der Waals surface area contributed by atoms with Crippen LogP contribution in [0.15, 0.2) is 42.5 Å². The third-order valence-electron chi connectivity index (χ3n) is 6.37. The summed E-state index contributed by atoms with van der Waals surface area (Å²) in [6, 6.07) is 12.8. The summed E-state index contributed by atoms with van der Waals surface area (Å²) in [4.78, 5) is 39.7. The van der Waals surface area contributed by atoms with Crippen LogP contribution in [0.3, 0.4) is 0 Å². The second kappa shape index (κ2) is 9.53. The molecule has 3 saturated heterocycles. The Balaban J connectivity index is 0.00000126. The maximum Gasteiger partial charge on any atom is 0.328 e. The number of carbonyl (C=O) groups is 3. The van der Waals surface area contributed by atoms with Gasteiger partial charge in [-0.25, -0.2) is 4.79 Å². The Kier molecular flexibility index (Phi) is 6.72. The summed E-state index contributed by atoms with van der Waals surface area (Å²) in [6.07, 6.45) is 2.45. The molecule has 0 saturated carbocycles. The minimum absolute atomic E-state index is 0.129. The molecule has 2 aromatic carbocycles. The van der Waals surface area contributed by atoms with E-state index in [0.717, 1.165) is 29.7 Å². The van der Waals surface area contributed by atoms with Gasteiger partial charge in [0, 0.05) is 37.2 Å². The van der Waals surface area contributed by atoms with Gasteiger partial charge in [-0.05, 0) is 36.6 Å². The van der Waals surface area contributed by atoms with E-state index in [9.17, 15) is 14.4 Å². The molecule has 7 nitrogen and oxygen atoms in total. The minimum atomic E-state index is -0.470. The van der Waals surface area contributed by atoms with Gasteiger partial charge >= 0.3 is 6.03 Å². The Bertz CT molecular complexity index is 1060. The van der Waals surface area contributed by atoms with E-state index in [1.807, 2.05) is 55.1 Å². The average molecular weight is 470 g/mol. The molecule has 1 atom stereocenters. The van der Waals surface area contributed by atoms with E-state index >= 15 is 0 Å². The summed E-state index contributed by atoms with van der Waals surface area (Å²) in [7, 11) is 0. The van der Waals surface area contributed by atoms with Crippen LogP contribution in [0.25, 0.3) is 11.1 Å². The Morgan fingerprint density at radius 1 is 1.00 bits per heavy atom. The zero-order chi connectivity index (χ0) is 23.6. The third-order valence-corrected chi connectivity index (χ3v) is 6.77. The van der Waals surface area contributed by atoms with E-state index in [4.69, 9.17) is 16.3 Å². The number of rotatable bonds is 3. The van der Waals surface area contributed by atoms with Gasteiger partial charge in [-0.2, -0.15) is 0 Å². The number of benzene rings is 2. The molecule has 3 fully saturated rings. The van der Waals surface area contributed by atoms with Crippen molar-refractivity contribution in [3.63, 3.8) is 0 Å². The molecule has 1 N–H and O–H groups in total. The van der Waals surface area contributed by atoms with Crippen LogP contribution in [0.4, 0.5) is 16.2 Å². The second-order valence-corrected chi connectivity index (χ2v) is 8.57. The largest absolute Gasteiger partial charge is 0.379 e. The predicted molar refractivity (Wildman–Crippen MR) is 129 cm³/mol. The van der Waals surface area contributed by atoms with Crippen LogP contribution in [-0.4, -0.2) is 43.1 Å². The van der Waals surface area contributed by atoms with Crippen molar-refractivity contribution in [1.29, 1.82) is 0 Å². The molecule has 8 heteroatoms. The number of carbonyl (C=O) groups excluding carboxylic acids is 3. The van der Waals surface area contributed by atoms with Gasteiger partial charge < -0.3 is 9.64 Å². The van der Waals surface area contributed by atoms with Gasteiger partial charge in [0.1, 0.15) is 0 Å². The fourth-order valence-corrected chi connectivity index (χ4v) is 5.09. The van der Waals surface area contributed by atoms with Gasteiger partial charge in [-0.3, -0.25) is 19.8 Å². The fourth-order valence-electron chi connectivity index (χ4n) is 4.75. The lowest BCUT2D eigenvalue weighted by Crippen LogP contribution is -2.49. The number of urea groups is 1. The van der Waals surface area contributed by atoms with Crippen LogP contribution in [0.1, 0.15) is 39.5 Å². The van der Waals surface area contributed by atoms with Crippen molar-refractivity contribution in [1.82, 2.24) is 5.32 Å². The van der Waals surface area contributed by atoms with E-state index in [1.54, 1.807) is 6.07 Å². The number of imide groups is 1. The van der Waals surface area contributed by atoms with Gasteiger partial charge in [0.05, 0.1) is 22.9 Å². The van der Waals surface area contributed by atoms with Crippen molar-refractivity contribution in [2.75, 3.05) is 29.6 Å². The van der Waals surface area contributed by atoms with E-state index < -0.39 is 6.03 Å². The highest BCUT2D eigenvalue weighted by molar-refractivity contribution is 6.36. The number of hydrogen-bond donors (Lipinski definition) is 1. The maximum absolute atomic E-state index is 12.6. The van der Waals surface area contributed by atoms with Gasteiger partial charge in [0.2, 0.25) is 11.8 Å². The zero-order valence-corrected chi connectivity index (χ0v) is 19.7. The van der Waals surface area contributed by atoms with E-state index in [1.165, 1.54) is 4.90 Å². The number of nitrogens with one attached hydrogen (secondary N) is 1. The molecule has 1 spiro atoms. The van der Waals surface area contributed by atoms with Gasteiger partial charge in [-0.1, -0.05) is 49.7 Å². The Hall–Kier alpha value is -2.90. The number of ether oxygens (including phenoxy) is 1. The highest BCUT2D eigenvalue weighted by atomic mass is 35.5. The molecule has 0 bridgehead atoms. The molecule has 1 unspecified atom stereocenters. The smallest absolute Gasteiger partial charge is 0.328 e. The monoisotopic (exact) mass is 469 g/mol. The van der Waals surface area contributed by atoms with Crippen LogP contribution in [0.5, 0.6) is 0 Å². The van der Waals surface area contributed by atoms with Crippen molar-refractivity contribution in [3.05, 3.63) is 47.5 Å². The quantitative estimate of drug-likeness (QED) is 0.702. The molecule has 3 aliphatic rings. The van der Waals surface area contributed by atoms with Crippen molar-refractivity contribution in [3.8, 4) is 11.1 Å². The molecular formula is C25H28ClN3O4. The standard InChI is InChI=1S/C23H22ClN3O4.C2H6/c24-21-17(2-1-3-18(21)26-12-9-19(28)25-22(26)30)15-4-6-16(7-5-15)27-20(29)8-10-23(27)11-13-31-14-23;1-2/h1-7H,8-14H2,(H,25,28,30);1-2H3. The van der Waals surface area contributed by atoms with Crippen molar-refractivity contribution >= 4 is 40.8 Å². The van der Waals surface area contributed by atoms with Crippen molar-refractivity contribution in [2.45, 2.75) is 45.1 Å². The SMILES string of the molecule is CC.O=C1CCN(c2cccc(-c3ccc(N4C(=O)CCC45CCOC5)cc3)c2Cl)C(=O)N1. The lowest BCUT2D eigenvalue weighted by molar-refractivity contribution is -0.120. The highest BCUT2D eigenvalue weighted by Gasteiger charge is 2.48. The molecular weight excluding hydrogens is 442 g/mol. The summed E-state index contributed by atoms with van der Waals surface area (Å²) in [5, 5.41) is 2.76. The summed E-state index contributed by atoms with van der Waals surface area (Å²) in [6.45, 7) is 5.54. The van der Waals surface area contributed by atoms with Gasteiger partial charge in [-0.15, -0.1) is 0 Å². The topological polar surface area (TPSA) is 79.0 Å². The second-order valence-electron chi connectivity index (χ2n) is 8.20. The maximum atomic E-state index is 12.6. The van der Waals surface area contributed by atoms with Crippen LogP contribution >= 0.6 is 11.6 Å². The minimum Gasteiger partial charge on any atom is -0.379 e. The fraction of sp³-hybridized carbons (Fsp3) is 0.400. The van der Waals surface area contributed by atoms with Gasteiger partial charge in [0.15, 0.2) is 0 Å². The first-order valence-corrected chi connectivity index (χ1v) is 11.8. The first kappa shape index (κ1) is 23.3. The van der Waals surface area contributed by atoms with Crippen LogP contribution in [0, 0.1) is 0 Å². The summed E-state index contributed by atoms with van der Waals surface area (Å²) < 4.78 is 5.61. The lowest BCUT2D eigenvalue weighted by atomic mass is 9.94. The number of hydrogen-bond acceptors (Lipinski definition) is 4. The highest BCUT2D eigenvalue weighted by Crippen LogP contribution is 2.42. The number of nitrogens with zero attached hydrogens (tertiary/aromatic N) is 2. The van der Waals surface area contributed by atoms with Crippen molar-refractivity contribution < 1.29 is 19.1 Å². The van der Waals surface area contributed by atoms with Crippen LogP contribution in [-0.2, 0) is 14.3 Å². The summed E-state index contributed by atoms with van der Waals surface area (Å²) in [5.41, 5.74) is 2.85. The molecule has 5 rings (SSSR count). The molecule has 33 heavy (non-hydrogen) atoms. The number of amides is 4. The third kappa shape index (κ3) is 4.23. The molecule has 4 amide bonds. The summed E-state index contributed by atoms with van der Waals surface area (Å²) >= 11 is 6.68. The van der Waals surface area contributed by atoms with Crippen LogP contribution < -0.4 is 15.1 Å². The molecule has 3 aliphatic heterocycles. The first-order chi connectivity index (χ1) is 16.0. The van der Waals surface area contributed by atoms with E-state index in [2.05, 4.69) is 5.32 Å². The Labute approximate surface area is 198 Å². The molecule has 0 radical (unpaired) electrons. The normalized spacial score (nSPS) is 22.5. The lowest BCUT2D eigenvalue weighted by Gasteiger charge is -2.33. The average Bonchev–Trinajstić information content (AvgIpc) is 3.43. The zero-order valence-electron chi connectivity index (χ0n) is 18.9. The predicted octanol–water partition coefficient (Wildman–Crippen LogP) is 4.77. The number of halogens is 1. The molecule has 0 aromatic heterocycles. The van der Waals surface area contributed by atoms with Crippen LogP contribution in [0.2, 0.25) is 5.02 Å². The molecule has 3 heterocycles. The van der Waals surface area contributed by atoms with E-state index in [-0.39, 0.29) is 30.3 Å². The number of anilines is 2. The molecule has 2 aromatic rings. The van der Waals surface area contributed by atoms with E-state index in [0.29, 0.717) is 30.3 Å². The Morgan fingerprint density at radius 3 is 2.42 bits per heavy atom. The summed E-state index contributed by atoms with van der Waals surface area (Å²) in [5.74, 6) is -0.157. The Morgan fingerprint density at radius 2 is 1.76 bits per heavy atom. The van der Waals surface area contributed by atoms with Crippen molar-refractivity contribution in [2.24, 2.45) is 0 Å². The van der Waals surface area contributed by atoms with Gasteiger partial charge in [0.25, 0.3) is 0 Å². The first-order valence-electron chi connectivity index (χ1n) is 11.4. The molecule has 0 aliphatic carbocycles.